The van der Waals surface area contributed by atoms with Crippen LogP contribution < -0.4 is 0 Å². The van der Waals surface area contributed by atoms with Gasteiger partial charge >= 0.3 is 0 Å². The summed E-state index contributed by atoms with van der Waals surface area (Å²) in [4.78, 5) is 0.698. The number of hydrogen-bond acceptors (Lipinski definition) is 4. The fourth-order valence-corrected chi connectivity index (χ4v) is 2.36. The normalized spacial score (nSPS) is 10.1. The molecule has 0 unspecified atom stereocenters. The predicted molar refractivity (Wildman–Crippen MR) is 66.7 cm³/mol. The summed E-state index contributed by atoms with van der Waals surface area (Å²) < 4.78 is 13.1. The first kappa shape index (κ1) is 12.5. The molecule has 5 heteroatoms. The summed E-state index contributed by atoms with van der Waals surface area (Å²) in [6.07, 6.45) is 0. The van der Waals surface area contributed by atoms with E-state index in [9.17, 15) is 4.39 Å². The molecule has 1 aromatic carbocycles. The maximum Gasteiger partial charge on any atom is 0.142 e. The first-order valence-electron chi connectivity index (χ1n) is 5.29. The maximum atomic E-state index is 13.1. The van der Waals surface area contributed by atoms with Crippen molar-refractivity contribution in [3.05, 3.63) is 46.9 Å². The van der Waals surface area contributed by atoms with Crippen LogP contribution in [0, 0.1) is 31.0 Å². The quantitative estimate of drug-likeness (QED) is 0.830. The number of benzene rings is 1. The van der Waals surface area contributed by atoms with Crippen LogP contribution in [0.25, 0.3) is 0 Å². The van der Waals surface area contributed by atoms with Gasteiger partial charge in [0.2, 0.25) is 0 Å². The highest BCUT2D eigenvalue weighted by Crippen LogP contribution is 2.30. The summed E-state index contributed by atoms with van der Waals surface area (Å²) in [6, 6.07) is 8.30. The van der Waals surface area contributed by atoms with Gasteiger partial charge in [-0.2, -0.15) is 10.4 Å². The standard InChI is InChI=1S/C13H10FN3S/c1-8-9(2)16-17-13(12(8)7-15)18-11-5-3-4-10(14)6-11/h3-6H,1-2H3. The maximum absolute atomic E-state index is 13.1. The number of nitrogens with zero attached hydrogens (tertiary/aromatic N) is 3. The van der Waals surface area contributed by atoms with Gasteiger partial charge in [-0.15, -0.1) is 5.10 Å². The topological polar surface area (TPSA) is 49.6 Å². The third-order valence-electron chi connectivity index (χ3n) is 2.54. The molecule has 0 aliphatic heterocycles. The van der Waals surface area contributed by atoms with Crippen LogP contribution in [0.4, 0.5) is 4.39 Å². The number of nitriles is 1. The van der Waals surface area contributed by atoms with Gasteiger partial charge in [0, 0.05) is 4.90 Å². The Morgan fingerprint density at radius 1 is 1.28 bits per heavy atom. The fourth-order valence-electron chi connectivity index (χ4n) is 1.43. The lowest BCUT2D eigenvalue weighted by atomic mass is 10.1. The number of rotatable bonds is 2. The van der Waals surface area contributed by atoms with E-state index in [2.05, 4.69) is 16.3 Å². The van der Waals surface area contributed by atoms with Gasteiger partial charge < -0.3 is 0 Å². The molecule has 0 aliphatic carbocycles. The lowest BCUT2D eigenvalue weighted by Crippen LogP contribution is -1.98. The second-order valence-electron chi connectivity index (χ2n) is 3.76. The monoisotopic (exact) mass is 259 g/mol. The third-order valence-corrected chi connectivity index (χ3v) is 3.51. The van der Waals surface area contributed by atoms with Crippen molar-refractivity contribution < 1.29 is 4.39 Å². The minimum Gasteiger partial charge on any atom is -0.207 e. The first-order chi connectivity index (χ1) is 8.61. The Bertz CT molecular complexity index is 635. The van der Waals surface area contributed by atoms with Gasteiger partial charge in [-0.25, -0.2) is 4.39 Å². The predicted octanol–water partition coefficient (Wildman–Crippen LogP) is 3.26. The van der Waals surface area contributed by atoms with Crippen LogP contribution in [0.2, 0.25) is 0 Å². The summed E-state index contributed by atoms with van der Waals surface area (Å²) in [5.74, 6) is -0.310. The van der Waals surface area contributed by atoms with E-state index in [1.54, 1.807) is 19.1 Å². The van der Waals surface area contributed by atoms with Crippen molar-refractivity contribution in [1.29, 1.82) is 5.26 Å². The highest BCUT2D eigenvalue weighted by Gasteiger charge is 2.12. The summed E-state index contributed by atoms with van der Waals surface area (Å²) in [5.41, 5.74) is 2.04. The number of aryl methyl sites for hydroxylation is 1. The van der Waals surface area contributed by atoms with Crippen LogP contribution in [0.1, 0.15) is 16.8 Å². The van der Waals surface area contributed by atoms with Crippen molar-refractivity contribution in [2.24, 2.45) is 0 Å². The average Bonchev–Trinajstić information content (AvgIpc) is 2.34. The van der Waals surface area contributed by atoms with Gasteiger partial charge in [-0.05, 0) is 37.6 Å². The van der Waals surface area contributed by atoms with Gasteiger partial charge in [0.1, 0.15) is 16.9 Å². The molecule has 0 bridgehead atoms. The van der Waals surface area contributed by atoms with Crippen LogP contribution in [0.5, 0.6) is 0 Å². The van der Waals surface area contributed by atoms with Gasteiger partial charge in [0.25, 0.3) is 0 Å². The zero-order valence-electron chi connectivity index (χ0n) is 9.94. The van der Waals surface area contributed by atoms with E-state index in [-0.39, 0.29) is 5.82 Å². The van der Waals surface area contributed by atoms with Crippen molar-refractivity contribution in [3.63, 3.8) is 0 Å². The lowest BCUT2D eigenvalue weighted by Gasteiger charge is -2.06. The lowest BCUT2D eigenvalue weighted by molar-refractivity contribution is 0.624. The molecule has 0 radical (unpaired) electrons. The molecule has 2 rings (SSSR count). The summed E-state index contributed by atoms with van der Waals surface area (Å²) in [5, 5.41) is 17.6. The van der Waals surface area contributed by atoms with Crippen molar-refractivity contribution in [2.45, 2.75) is 23.8 Å². The Hall–Kier alpha value is -1.93. The highest BCUT2D eigenvalue weighted by atomic mass is 32.2. The Labute approximate surface area is 109 Å². The highest BCUT2D eigenvalue weighted by molar-refractivity contribution is 7.99. The number of aromatic nitrogens is 2. The smallest absolute Gasteiger partial charge is 0.142 e. The Morgan fingerprint density at radius 2 is 2.06 bits per heavy atom. The SMILES string of the molecule is Cc1nnc(Sc2cccc(F)c2)c(C#N)c1C. The Balaban J connectivity index is 2.42. The van der Waals surface area contributed by atoms with Gasteiger partial charge in [0.05, 0.1) is 11.3 Å². The van der Waals surface area contributed by atoms with E-state index in [0.717, 1.165) is 11.3 Å². The molecular weight excluding hydrogens is 249 g/mol. The zero-order valence-corrected chi connectivity index (χ0v) is 10.8. The van der Waals surface area contributed by atoms with E-state index in [0.29, 0.717) is 15.5 Å². The molecule has 0 spiro atoms. The van der Waals surface area contributed by atoms with E-state index in [4.69, 9.17) is 5.26 Å². The molecule has 0 aliphatic rings. The molecular formula is C13H10FN3S. The Morgan fingerprint density at radius 3 is 2.72 bits per heavy atom. The summed E-state index contributed by atoms with van der Waals surface area (Å²) in [7, 11) is 0. The van der Waals surface area contributed by atoms with Crippen LogP contribution in [0.3, 0.4) is 0 Å². The molecule has 0 amide bonds. The Kier molecular flexibility index (Phi) is 3.58. The molecule has 1 aromatic heterocycles. The fraction of sp³-hybridized carbons (Fsp3) is 0.154. The average molecular weight is 259 g/mol. The molecule has 90 valence electrons. The van der Waals surface area contributed by atoms with Crippen LogP contribution in [-0.2, 0) is 0 Å². The molecule has 1 heterocycles. The first-order valence-corrected chi connectivity index (χ1v) is 6.11. The minimum absolute atomic E-state index is 0.310. The van der Waals surface area contributed by atoms with Crippen molar-refractivity contribution >= 4 is 11.8 Å². The molecule has 0 N–H and O–H groups in total. The van der Waals surface area contributed by atoms with Crippen LogP contribution in [0.15, 0.2) is 34.2 Å². The van der Waals surface area contributed by atoms with Gasteiger partial charge in [-0.3, -0.25) is 0 Å². The largest absolute Gasteiger partial charge is 0.207 e. The van der Waals surface area contributed by atoms with Gasteiger partial charge in [-0.1, -0.05) is 17.8 Å². The molecule has 0 fully saturated rings. The van der Waals surface area contributed by atoms with E-state index in [1.807, 2.05) is 6.92 Å². The van der Waals surface area contributed by atoms with Gasteiger partial charge in [0.15, 0.2) is 0 Å². The number of hydrogen-bond donors (Lipinski definition) is 0. The molecule has 18 heavy (non-hydrogen) atoms. The second kappa shape index (κ2) is 5.15. The molecule has 0 saturated carbocycles. The van der Waals surface area contributed by atoms with Crippen molar-refractivity contribution in [1.82, 2.24) is 10.2 Å². The summed E-state index contributed by atoms with van der Waals surface area (Å²) >= 11 is 1.24. The number of halogens is 1. The molecule has 0 atom stereocenters. The summed E-state index contributed by atoms with van der Waals surface area (Å²) in [6.45, 7) is 3.64. The zero-order chi connectivity index (χ0) is 13.1. The molecule has 0 saturated heterocycles. The molecule has 3 nitrogen and oxygen atoms in total. The third kappa shape index (κ3) is 2.49. The minimum atomic E-state index is -0.310. The van der Waals surface area contributed by atoms with E-state index < -0.39 is 0 Å². The van der Waals surface area contributed by atoms with Crippen molar-refractivity contribution in [3.8, 4) is 6.07 Å². The van der Waals surface area contributed by atoms with Crippen LogP contribution in [-0.4, -0.2) is 10.2 Å². The van der Waals surface area contributed by atoms with E-state index in [1.165, 1.54) is 23.9 Å². The van der Waals surface area contributed by atoms with E-state index >= 15 is 0 Å². The van der Waals surface area contributed by atoms with Crippen molar-refractivity contribution in [2.75, 3.05) is 0 Å². The second-order valence-corrected chi connectivity index (χ2v) is 4.82. The van der Waals surface area contributed by atoms with Crippen LogP contribution >= 0.6 is 11.8 Å². The molecule has 2 aromatic rings.